The average Bonchev–Trinajstić information content (AvgIpc) is 3.09. The summed E-state index contributed by atoms with van der Waals surface area (Å²) < 4.78 is 11.2. The van der Waals surface area contributed by atoms with E-state index in [-0.39, 0.29) is 17.9 Å². The Hall–Kier alpha value is -3.77. The molecule has 0 aromatic heterocycles. The minimum Gasteiger partial charge on any atom is -0.507 e. The maximum absolute atomic E-state index is 13.2. The van der Waals surface area contributed by atoms with E-state index in [4.69, 9.17) is 21.1 Å². The van der Waals surface area contributed by atoms with Gasteiger partial charge in [-0.1, -0.05) is 54.1 Å². The van der Waals surface area contributed by atoms with Gasteiger partial charge < -0.3 is 19.5 Å². The first-order valence-corrected chi connectivity index (χ1v) is 10.9. The molecule has 2 heterocycles. The molecule has 1 amide bonds. The molecule has 0 bridgehead atoms. The number of ether oxygens (including phenoxy) is 2. The summed E-state index contributed by atoms with van der Waals surface area (Å²) in [5, 5.41) is 11.8. The Morgan fingerprint density at radius 2 is 1.64 bits per heavy atom. The average molecular weight is 462 g/mol. The van der Waals surface area contributed by atoms with Crippen LogP contribution in [0.4, 0.5) is 0 Å². The number of likely N-dealkylation sites (tertiary alicyclic amines) is 1. The Kier molecular flexibility index (Phi) is 5.52. The summed E-state index contributed by atoms with van der Waals surface area (Å²) in [4.78, 5) is 27.7. The predicted molar refractivity (Wildman–Crippen MR) is 123 cm³/mol. The molecule has 7 heteroatoms. The van der Waals surface area contributed by atoms with E-state index in [1.807, 2.05) is 30.3 Å². The van der Waals surface area contributed by atoms with Crippen LogP contribution in [-0.2, 0) is 16.1 Å². The lowest BCUT2D eigenvalue weighted by atomic mass is 9.95. The van der Waals surface area contributed by atoms with E-state index < -0.39 is 17.7 Å². The number of carbonyl (C=O) groups excluding carboxylic acids is 2. The minimum atomic E-state index is -0.768. The molecule has 1 N–H and O–H groups in total. The Morgan fingerprint density at radius 3 is 2.36 bits per heavy atom. The Morgan fingerprint density at radius 1 is 0.939 bits per heavy atom. The molecule has 1 fully saturated rings. The highest BCUT2D eigenvalue weighted by Crippen LogP contribution is 2.42. The molecule has 5 rings (SSSR count). The van der Waals surface area contributed by atoms with E-state index in [0.717, 1.165) is 5.56 Å². The molecule has 6 nitrogen and oxygen atoms in total. The fourth-order valence-electron chi connectivity index (χ4n) is 4.16. The molecule has 2 aliphatic heterocycles. The van der Waals surface area contributed by atoms with Crippen molar-refractivity contribution in [1.29, 1.82) is 0 Å². The number of fused-ring (bicyclic) bond motifs is 1. The molecule has 3 aromatic rings. The smallest absolute Gasteiger partial charge is 0.295 e. The lowest BCUT2D eigenvalue weighted by molar-refractivity contribution is -0.140. The molecule has 1 saturated heterocycles. The van der Waals surface area contributed by atoms with E-state index >= 15 is 0 Å². The number of hydrogen-bond acceptors (Lipinski definition) is 5. The van der Waals surface area contributed by atoms with Crippen molar-refractivity contribution in [2.45, 2.75) is 12.6 Å². The van der Waals surface area contributed by atoms with Crippen molar-refractivity contribution in [2.24, 2.45) is 0 Å². The molecule has 1 atom stereocenters. The zero-order valence-electron chi connectivity index (χ0n) is 17.5. The Balaban J connectivity index is 1.63. The minimum absolute atomic E-state index is 0.0231. The molecule has 33 heavy (non-hydrogen) atoms. The van der Waals surface area contributed by atoms with Crippen molar-refractivity contribution in [3.63, 3.8) is 0 Å². The quantitative estimate of drug-likeness (QED) is 0.345. The Bertz CT molecular complexity index is 1250. The van der Waals surface area contributed by atoms with Crippen LogP contribution in [-0.4, -0.2) is 34.9 Å². The lowest BCUT2D eigenvalue weighted by Gasteiger charge is -2.25. The van der Waals surface area contributed by atoms with E-state index in [1.54, 1.807) is 42.5 Å². The highest BCUT2D eigenvalue weighted by atomic mass is 35.5. The predicted octanol–water partition coefficient (Wildman–Crippen LogP) is 4.73. The zero-order valence-corrected chi connectivity index (χ0v) is 18.3. The molecular weight excluding hydrogens is 442 g/mol. The van der Waals surface area contributed by atoms with Crippen LogP contribution in [0.25, 0.3) is 5.76 Å². The van der Waals surface area contributed by atoms with E-state index in [0.29, 0.717) is 40.9 Å². The van der Waals surface area contributed by atoms with Crippen LogP contribution in [0, 0.1) is 0 Å². The topological polar surface area (TPSA) is 76.1 Å². The summed E-state index contributed by atoms with van der Waals surface area (Å²) in [5.74, 6) is -0.625. The maximum Gasteiger partial charge on any atom is 0.295 e. The summed E-state index contributed by atoms with van der Waals surface area (Å²) >= 11 is 6.07. The van der Waals surface area contributed by atoms with E-state index in [1.165, 1.54) is 4.90 Å². The second-order valence-electron chi connectivity index (χ2n) is 7.82. The fourth-order valence-corrected chi connectivity index (χ4v) is 4.29. The van der Waals surface area contributed by atoms with E-state index in [9.17, 15) is 14.7 Å². The molecule has 3 aromatic carbocycles. The molecular formula is C26H20ClNO5. The van der Waals surface area contributed by atoms with Gasteiger partial charge in [-0.25, -0.2) is 0 Å². The van der Waals surface area contributed by atoms with Gasteiger partial charge in [-0.2, -0.15) is 0 Å². The number of amides is 1. The van der Waals surface area contributed by atoms with Crippen LogP contribution in [0.5, 0.6) is 11.5 Å². The standard InChI is InChI=1S/C26H20ClNO5/c27-19-9-6-17(7-10-19)23-22(24(29)18-8-11-20-21(14-18)33-13-12-32-20)25(30)26(31)28(23)15-16-4-2-1-3-5-16/h1-11,14,23,29H,12-13,15H2. The number of benzene rings is 3. The SMILES string of the molecule is O=C1C(=O)N(Cc2ccccc2)C(c2ccc(Cl)cc2)C1=C(O)c1ccc2c(c1)OCCO2. The van der Waals surface area contributed by atoms with Gasteiger partial charge in [0, 0.05) is 17.1 Å². The van der Waals surface area contributed by atoms with Gasteiger partial charge in [-0.05, 0) is 41.5 Å². The van der Waals surface area contributed by atoms with Crippen molar-refractivity contribution < 1.29 is 24.2 Å². The Labute approximate surface area is 195 Å². The zero-order chi connectivity index (χ0) is 22.9. The third kappa shape index (κ3) is 3.94. The van der Waals surface area contributed by atoms with Gasteiger partial charge in [0.15, 0.2) is 11.5 Å². The van der Waals surface area contributed by atoms with Crippen LogP contribution < -0.4 is 9.47 Å². The van der Waals surface area contributed by atoms with Gasteiger partial charge in [0.2, 0.25) is 0 Å². The van der Waals surface area contributed by atoms with Gasteiger partial charge in [0.05, 0.1) is 11.6 Å². The van der Waals surface area contributed by atoms with Crippen LogP contribution in [0.2, 0.25) is 5.02 Å². The van der Waals surface area contributed by atoms with Gasteiger partial charge in [-0.3, -0.25) is 9.59 Å². The summed E-state index contributed by atoms with van der Waals surface area (Å²) in [6.07, 6.45) is 0. The number of aliphatic hydroxyl groups excluding tert-OH is 1. The van der Waals surface area contributed by atoms with Crippen LogP contribution in [0.3, 0.4) is 0 Å². The number of nitrogens with zero attached hydrogens (tertiary/aromatic N) is 1. The summed E-state index contributed by atoms with van der Waals surface area (Å²) in [6.45, 7) is 1.06. The highest BCUT2D eigenvalue weighted by Gasteiger charge is 2.46. The first-order valence-electron chi connectivity index (χ1n) is 10.5. The van der Waals surface area contributed by atoms with Gasteiger partial charge >= 0.3 is 0 Å². The number of aliphatic hydroxyl groups is 1. The first kappa shape index (κ1) is 21.1. The van der Waals surface area contributed by atoms with E-state index in [2.05, 4.69) is 0 Å². The molecule has 0 radical (unpaired) electrons. The first-order chi connectivity index (χ1) is 16.0. The number of hydrogen-bond donors (Lipinski definition) is 1. The number of rotatable bonds is 4. The molecule has 166 valence electrons. The van der Waals surface area contributed by atoms with Crippen LogP contribution >= 0.6 is 11.6 Å². The highest BCUT2D eigenvalue weighted by molar-refractivity contribution is 6.46. The third-order valence-corrected chi connectivity index (χ3v) is 5.99. The fraction of sp³-hybridized carbons (Fsp3) is 0.154. The number of carbonyl (C=O) groups is 2. The van der Waals surface area contributed by atoms with Gasteiger partial charge in [-0.15, -0.1) is 0 Å². The van der Waals surface area contributed by atoms with Gasteiger partial charge in [0.1, 0.15) is 19.0 Å². The monoisotopic (exact) mass is 461 g/mol. The normalized spacial score (nSPS) is 19.1. The summed E-state index contributed by atoms with van der Waals surface area (Å²) in [5.41, 5.74) is 1.94. The molecule has 0 aliphatic carbocycles. The summed E-state index contributed by atoms with van der Waals surface area (Å²) in [6, 6.07) is 20.5. The number of Topliss-reactive ketones (excluding diaryl/α,β-unsaturated/α-hetero) is 1. The molecule has 1 unspecified atom stereocenters. The van der Waals surface area contributed by atoms with Crippen LogP contribution in [0.1, 0.15) is 22.7 Å². The second kappa shape index (κ2) is 8.64. The van der Waals surface area contributed by atoms with Crippen molar-refractivity contribution in [2.75, 3.05) is 13.2 Å². The summed E-state index contributed by atoms with van der Waals surface area (Å²) in [7, 11) is 0. The van der Waals surface area contributed by atoms with Crippen molar-refractivity contribution in [3.8, 4) is 11.5 Å². The molecule has 2 aliphatic rings. The lowest BCUT2D eigenvalue weighted by Crippen LogP contribution is -2.29. The number of halogens is 1. The van der Waals surface area contributed by atoms with Crippen molar-refractivity contribution >= 4 is 29.1 Å². The van der Waals surface area contributed by atoms with Crippen molar-refractivity contribution in [1.82, 2.24) is 4.90 Å². The molecule has 0 saturated carbocycles. The second-order valence-corrected chi connectivity index (χ2v) is 8.26. The van der Waals surface area contributed by atoms with Gasteiger partial charge in [0.25, 0.3) is 11.7 Å². The largest absolute Gasteiger partial charge is 0.507 e. The number of ketones is 1. The maximum atomic E-state index is 13.2. The van der Waals surface area contributed by atoms with Crippen molar-refractivity contribution in [3.05, 3.63) is 100 Å². The molecule has 0 spiro atoms. The van der Waals surface area contributed by atoms with Crippen LogP contribution in [0.15, 0.2) is 78.4 Å². The third-order valence-electron chi connectivity index (χ3n) is 5.74.